The predicted octanol–water partition coefficient (Wildman–Crippen LogP) is 4.67. The molecule has 40 heavy (non-hydrogen) atoms. The van der Waals surface area contributed by atoms with Crippen LogP contribution in [0.15, 0.2) is 64.1 Å². The van der Waals surface area contributed by atoms with Gasteiger partial charge in [0.05, 0.1) is 18.4 Å². The molecular formula is C31H35N3O6. The number of benzene rings is 2. The Balaban J connectivity index is 1.29. The van der Waals surface area contributed by atoms with Crippen molar-refractivity contribution in [3.05, 3.63) is 77.0 Å². The number of aryl methyl sites for hydroxylation is 2. The molecule has 0 radical (unpaired) electrons. The molecule has 2 amide bonds. The van der Waals surface area contributed by atoms with Gasteiger partial charge < -0.3 is 19.2 Å². The largest absolute Gasteiger partial charge is 0.484 e. The monoisotopic (exact) mass is 545 g/mol. The number of carbonyl (C=O) groups excluding carboxylic acids is 3. The normalized spacial score (nSPS) is 13.5. The summed E-state index contributed by atoms with van der Waals surface area (Å²) in [6.45, 7) is 5.52. The Bertz CT molecular complexity index is 1380. The van der Waals surface area contributed by atoms with E-state index in [4.69, 9.17) is 13.9 Å². The highest BCUT2D eigenvalue weighted by Gasteiger charge is 2.24. The van der Waals surface area contributed by atoms with Crippen molar-refractivity contribution in [1.82, 2.24) is 10.7 Å². The summed E-state index contributed by atoms with van der Waals surface area (Å²) >= 11 is 0. The van der Waals surface area contributed by atoms with E-state index < -0.39 is 23.8 Å². The van der Waals surface area contributed by atoms with Crippen LogP contribution in [0.25, 0.3) is 11.3 Å². The van der Waals surface area contributed by atoms with Gasteiger partial charge in [0, 0.05) is 5.56 Å². The Kier molecular flexibility index (Phi) is 9.72. The van der Waals surface area contributed by atoms with Crippen LogP contribution in [0, 0.1) is 5.92 Å². The van der Waals surface area contributed by atoms with Crippen LogP contribution in [0.1, 0.15) is 60.9 Å². The quantitative estimate of drug-likeness (QED) is 0.205. The van der Waals surface area contributed by atoms with E-state index in [-0.39, 0.29) is 12.5 Å². The van der Waals surface area contributed by atoms with Gasteiger partial charge in [-0.15, -0.1) is 0 Å². The fourth-order valence-corrected chi connectivity index (χ4v) is 4.52. The van der Waals surface area contributed by atoms with Crippen molar-refractivity contribution in [2.75, 3.05) is 13.2 Å². The number of nitrogens with one attached hydrogen (secondary N) is 2. The molecule has 0 aliphatic heterocycles. The lowest BCUT2D eigenvalue weighted by Crippen LogP contribution is -2.49. The molecule has 1 aromatic heterocycles. The Labute approximate surface area is 233 Å². The fraction of sp³-hybridized carbons (Fsp3) is 0.355. The fourth-order valence-electron chi connectivity index (χ4n) is 4.52. The van der Waals surface area contributed by atoms with E-state index in [1.807, 2.05) is 32.0 Å². The molecule has 3 aromatic rings. The van der Waals surface area contributed by atoms with Crippen LogP contribution in [-0.4, -0.2) is 43.3 Å². The van der Waals surface area contributed by atoms with Crippen LogP contribution in [0.3, 0.4) is 0 Å². The highest BCUT2D eigenvalue weighted by atomic mass is 16.5. The Hall–Kier alpha value is -4.40. The first-order chi connectivity index (χ1) is 19.3. The number of carbonyl (C=O) groups is 3. The average Bonchev–Trinajstić information content (AvgIpc) is 3.43. The number of esters is 1. The second kappa shape index (κ2) is 13.6. The zero-order valence-corrected chi connectivity index (χ0v) is 23.1. The molecule has 2 aromatic carbocycles. The standard InChI is InChI=1S/C31H35N3O6/c1-4-38-31(37)24-11-7-10-23(16-24)27-15-14-26(40-27)18-32-34-30(36)29(20(2)3)33-28(35)19-39-25-13-12-21-8-5-6-9-22(21)17-25/h7,10-18,20,29H,4-6,8-9,19H2,1-3H3,(H,33,35)(H,34,36)/b32-18-/t29-/m0/s1. The van der Waals surface area contributed by atoms with Crippen molar-refractivity contribution in [3.63, 3.8) is 0 Å². The van der Waals surface area contributed by atoms with Crippen LogP contribution in [-0.2, 0) is 27.2 Å². The van der Waals surface area contributed by atoms with Crippen LogP contribution >= 0.6 is 0 Å². The molecule has 0 saturated heterocycles. The molecule has 2 N–H and O–H groups in total. The van der Waals surface area contributed by atoms with Crippen molar-refractivity contribution in [3.8, 4) is 17.1 Å². The molecule has 0 spiro atoms. The van der Waals surface area contributed by atoms with Crippen molar-refractivity contribution in [2.45, 2.75) is 52.5 Å². The number of nitrogens with zero attached hydrogens (tertiary/aromatic N) is 1. The van der Waals surface area contributed by atoms with Gasteiger partial charge in [-0.2, -0.15) is 5.10 Å². The number of fused-ring (bicyclic) bond motifs is 1. The van der Waals surface area contributed by atoms with Crippen molar-refractivity contribution >= 4 is 24.0 Å². The molecule has 0 fully saturated rings. The van der Waals surface area contributed by atoms with Crippen LogP contribution in [0.2, 0.25) is 0 Å². The maximum absolute atomic E-state index is 12.8. The summed E-state index contributed by atoms with van der Waals surface area (Å²) in [4.78, 5) is 37.3. The van der Waals surface area contributed by atoms with Gasteiger partial charge in [0.25, 0.3) is 11.8 Å². The molecular weight excluding hydrogens is 510 g/mol. The van der Waals surface area contributed by atoms with Crippen molar-refractivity contribution in [2.24, 2.45) is 11.0 Å². The van der Waals surface area contributed by atoms with Gasteiger partial charge in [-0.1, -0.05) is 32.0 Å². The molecule has 1 heterocycles. The molecule has 9 nitrogen and oxygen atoms in total. The SMILES string of the molecule is CCOC(=O)c1cccc(-c2ccc(/C=N\NC(=O)[C@@H](NC(=O)COc3ccc4c(c3)CCCC4)C(C)C)o2)c1. The summed E-state index contributed by atoms with van der Waals surface area (Å²) in [6, 6.07) is 15.5. The van der Waals surface area contributed by atoms with E-state index >= 15 is 0 Å². The highest BCUT2D eigenvalue weighted by Crippen LogP contribution is 2.25. The molecule has 210 valence electrons. The summed E-state index contributed by atoms with van der Waals surface area (Å²) in [5.74, 6) is 0.155. The average molecular weight is 546 g/mol. The lowest BCUT2D eigenvalue weighted by molar-refractivity contribution is -0.131. The van der Waals surface area contributed by atoms with Crippen LogP contribution in [0.4, 0.5) is 0 Å². The Morgan fingerprint density at radius 2 is 1.82 bits per heavy atom. The van der Waals surface area contributed by atoms with Gasteiger partial charge >= 0.3 is 5.97 Å². The van der Waals surface area contributed by atoms with Gasteiger partial charge in [-0.05, 0) is 86.1 Å². The van der Waals surface area contributed by atoms with E-state index in [0.717, 1.165) is 19.3 Å². The topological polar surface area (TPSA) is 119 Å². The third-order valence-corrected chi connectivity index (χ3v) is 6.61. The van der Waals surface area contributed by atoms with E-state index in [1.165, 1.54) is 23.8 Å². The maximum atomic E-state index is 12.8. The Morgan fingerprint density at radius 1 is 1.02 bits per heavy atom. The molecule has 9 heteroatoms. The zero-order chi connectivity index (χ0) is 28.5. The minimum absolute atomic E-state index is 0.176. The van der Waals surface area contributed by atoms with Crippen LogP contribution in [0.5, 0.6) is 5.75 Å². The van der Waals surface area contributed by atoms with Crippen molar-refractivity contribution in [1.29, 1.82) is 0 Å². The van der Waals surface area contributed by atoms with E-state index in [1.54, 1.807) is 37.3 Å². The lowest BCUT2D eigenvalue weighted by atomic mass is 9.92. The number of furan rings is 1. The Morgan fingerprint density at radius 3 is 2.60 bits per heavy atom. The van der Waals surface area contributed by atoms with Gasteiger partial charge in [-0.25, -0.2) is 10.2 Å². The number of rotatable bonds is 11. The minimum atomic E-state index is -0.797. The number of hydrazone groups is 1. The maximum Gasteiger partial charge on any atom is 0.338 e. The predicted molar refractivity (Wildman–Crippen MR) is 151 cm³/mol. The third kappa shape index (κ3) is 7.59. The molecule has 1 aliphatic carbocycles. The second-order valence-corrected chi connectivity index (χ2v) is 9.95. The number of ether oxygens (including phenoxy) is 2. The zero-order valence-electron chi connectivity index (χ0n) is 23.1. The summed E-state index contributed by atoms with van der Waals surface area (Å²) in [6.07, 6.45) is 5.84. The highest BCUT2D eigenvalue weighted by molar-refractivity contribution is 5.91. The first-order valence-corrected chi connectivity index (χ1v) is 13.6. The summed E-state index contributed by atoms with van der Waals surface area (Å²) in [5.41, 5.74) is 6.21. The van der Waals surface area contributed by atoms with E-state index in [2.05, 4.69) is 21.9 Å². The number of amides is 2. The first-order valence-electron chi connectivity index (χ1n) is 13.6. The molecule has 4 rings (SSSR count). The van der Waals surface area contributed by atoms with E-state index in [0.29, 0.717) is 35.0 Å². The molecule has 1 atom stereocenters. The van der Waals surface area contributed by atoms with Gasteiger partial charge in [0.2, 0.25) is 0 Å². The van der Waals surface area contributed by atoms with Gasteiger partial charge in [-0.3, -0.25) is 9.59 Å². The lowest BCUT2D eigenvalue weighted by Gasteiger charge is -2.21. The van der Waals surface area contributed by atoms with Crippen LogP contribution < -0.4 is 15.5 Å². The second-order valence-electron chi connectivity index (χ2n) is 9.95. The summed E-state index contributed by atoms with van der Waals surface area (Å²) < 4.78 is 16.5. The smallest absolute Gasteiger partial charge is 0.338 e. The molecule has 0 saturated carbocycles. The molecule has 0 unspecified atom stereocenters. The summed E-state index contributed by atoms with van der Waals surface area (Å²) in [7, 11) is 0. The van der Waals surface area contributed by atoms with Gasteiger partial charge in [0.15, 0.2) is 6.61 Å². The molecule has 1 aliphatic rings. The third-order valence-electron chi connectivity index (χ3n) is 6.61. The van der Waals surface area contributed by atoms with Gasteiger partial charge in [0.1, 0.15) is 23.3 Å². The number of hydrogen-bond acceptors (Lipinski definition) is 7. The minimum Gasteiger partial charge on any atom is -0.484 e. The molecule has 0 bridgehead atoms. The first kappa shape index (κ1) is 28.6. The van der Waals surface area contributed by atoms with Crippen molar-refractivity contribution < 1.29 is 28.3 Å². The number of hydrogen-bond donors (Lipinski definition) is 2. The summed E-state index contributed by atoms with van der Waals surface area (Å²) in [5, 5.41) is 6.72. The van der Waals surface area contributed by atoms with E-state index in [9.17, 15) is 14.4 Å².